The lowest BCUT2D eigenvalue weighted by atomic mass is 9.65. The van der Waals surface area contributed by atoms with Crippen LogP contribution in [-0.4, -0.2) is 11.0 Å². The predicted molar refractivity (Wildman–Crippen MR) is 73.0 cm³/mol. The van der Waals surface area contributed by atoms with Crippen molar-refractivity contribution in [3.8, 4) is 0 Å². The van der Waals surface area contributed by atoms with E-state index in [0.29, 0.717) is 16.7 Å². The van der Waals surface area contributed by atoms with Crippen molar-refractivity contribution in [1.29, 1.82) is 0 Å². The maximum Gasteiger partial charge on any atom is -0.00439 e. The van der Waals surface area contributed by atoms with E-state index < -0.39 is 0 Å². The normalized spacial score (nSPS) is 25.5. The molecule has 1 unspecified atom stereocenters. The van der Waals surface area contributed by atoms with Gasteiger partial charge in [0.1, 0.15) is 0 Å². The van der Waals surface area contributed by atoms with Crippen molar-refractivity contribution < 1.29 is 0 Å². The maximum absolute atomic E-state index is 2.39. The molecule has 1 atom stereocenters. The molecule has 0 saturated heterocycles. The fourth-order valence-corrected chi connectivity index (χ4v) is 2.72. The summed E-state index contributed by atoms with van der Waals surface area (Å²) < 4.78 is 0. The average Bonchev–Trinajstić information content (AvgIpc) is 2.27. The molecule has 1 aliphatic rings. The predicted octanol–water partition coefficient (Wildman–Crippen LogP) is 2.66. The lowest BCUT2D eigenvalue weighted by Gasteiger charge is -2.38. The number of fused-ring (bicyclic) bond motifs is 1. The Kier molecular flexibility index (Phi) is 2.90. The highest BCUT2D eigenvalue weighted by atomic mass is 28.1. The topological polar surface area (TPSA) is 0 Å². The molecule has 0 radical (unpaired) electrons. The summed E-state index contributed by atoms with van der Waals surface area (Å²) in [5.74, 6) is 0.661. The van der Waals surface area contributed by atoms with E-state index in [2.05, 4.69) is 58.9 Å². The molecule has 15 heavy (non-hydrogen) atoms. The molecule has 1 aliphatic carbocycles. The number of hydrogen-bond acceptors (Lipinski definition) is 0. The molecule has 0 saturated carbocycles. The molecule has 0 aliphatic heterocycles. The Labute approximate surface area is 98.1 Å². The second-order valence-electron chi connectivity index (χ2n) is 5.66. The van der Waals surface area contributed by atoms with Crippen LogP contribution in [0.5, 0.6) is 0 Å². The monoisotopic (exact) mass is 220 g/mol. The van der Waals surface area contributed by atoms with Crippen LogP contribution in [0.15, 0.2) is 24.3 Å². The molecule has 0 N–H and O–H groups in total. The van der Waals surface area contributed by atoms with Crippen molar-refractivity contribution in [1.82, 2.24) is 0 Å². The zero-order valence-electron chi connectivity index (χ0n) is 9.89. The molecule has 84 valence electrons. The van der Waals surface area contributed by atoms with Gasteiger partial charge in [-0.1, -0.05) is 58.9 Å². The van der Waals surface area contributed by atoms with Crippen LogP contribution in [0, 0.1) is 5.41 Å². The van der Waals surface area contributed by atoms with Crippen LogP contribution in [0.2, 0.25) is 0 Å². The third kappa shape index (κ3) is 1.40. The second kappa shape index (κ2) is 3.48. The first-order valence-electron chi connectivity index (χ1n) is 5.48. The van der Waals surface area contributed by atoms with Gasteiger partial charge in [-0.3, -0.25) is 0 Å². The highest BCUT2D eigenvalue weighted by molar-refractivity contribution is 5.75. The number of rotatable bonds is 0. The molecular formula is C14H24Si. The Morgan fingerprint density at radius 2 is 1.53 bits per heavy atom. The largest absolute Gasteiger partial charge is 0.0620 e. The molecule has 2 rings (SSSR count). The van der Waals surface area contributed by atoms with Gasteiger partial charge in [0.05, 0.1) is 0 Å². The van der Waals surface area contributed by atoms with Crippen LogP contribution in [0.1, 0.15) is 51.7 Å². The first kappa shape index (κ1) is 12.5. The summed E-state index contributed by atoms with van der Waals surface area (Å²) in [6.45, 7) is 11.9. The maximum atomic E-state index is 2.39. The summed E-state index contributed by atoms with van der Waals surface area (Å²) >= 11 is 0. The Balaban J connectivity index is 0.00000112. The van der Waals surface area contributed by atoms with Gasteiger partial charge in [0.25, 0.3) is 0 Å². The van der Waals surface area contributed by atoms with Crippen LogP contribution in [-0.2, 0) is 5.41 Å². The first-order chi connectivity index (χ1) is 6.39. The molecule has 0 fully saturated rings. The summed E-state index contributed by atoms with van der Waals surface area (Å²) in [7, 11) is 0. The third-order valence-corrected chi connectivity index (χ3v) is 4.79. The summed E-state index contributed by atoms with van der Waals surface area (Å²) in [6, 6.07) is 8.90. The van der Waals surface area contributed by atoms with Crippen LogP contribution >= 0.6 is 0 Å². The van der Waals surface area contributed by atoms with Crippen molar-refractivity contribution in [2.45, 2.75) is 46.0 Å². The Hall–Kier alpha value is -0.563. The molecule has 0 heterocycles. The van der Waals surface area contributed by atoms with Crippen LogP contribution in [0.25, 0.3) is 0 Å². The van der Waals surface area contributed by atoms with E-state index in [-0.39, 0.29) is 11.0 Å². The van der Waals surface area contributed by atoms with Crippen molar-refractivity contribution in [3.63, 3.8) is 0 Å². The minimum absolute atomic E-state index is 0. The number of benzene rings is 1. The zero-order chi connectivity index (χ0) is 10.6. The van der Waals surface area contributed by atoms with Crippen molar-refractivity contribution in [3.05, 3.63) is 35.4 Å². The highest BCUT2D eigenvalue weighted by Gasteiger charge is 2.49. The van der Waals surface area contributed by atoms with E-state index in [4.69, 9.17) is 0 Å². The molecule has 1 heteroatoms. The minimum Gasteiger partial charge on any atom is -0.0620 e. The van der Waals surface area contributed by atoms with Gasteiger partial charge in [-0.05, 0) is 38.8 Å². The molecule has 0 spiro atoms. The lowest BCUT2D eigenvalue weighted by molar-refractivity contribution is 0.190. The standard InChI is InChI=1S/C14H20.H4Si/c1-10-11-8-6-7-9-12(11)14(4,5)13(10,2)3;/h6-10H,1-5H3;1H4. The zero-order valence-corrected chi connectivity index (χ0v) is 9.89. The fourth-order valence-electron chi connectivity index (χ4n) is 2.72. The van der Waals surface area contributed by atoms with E-state index in [9.17, 15) is 0 Å². The summed E-state index contributed by atoms with van der Waals surface area (Å²) in [5, 5.41) is 0. The Bertz CT molecular complexity index is 363. The molecule has 1 aromatic rings. The van der Waals surface area contributed by atoms with Crippen LogP contribution in [0.4, 0.5) is 0 Å². The van der Waals surface area contributed by atoms with Gasteiger partial charge in [-0.15, -0.1) is 0 Å². The summed E-state index contributed by atoms with van der Waals surface area (Å²) in [6.07, 6.45) is 0. The van der Waals surface area contributed by atoms with Gasteiger partial charge in [0, 0.05) is 0 Å². The summed E-state index contributed by atoms with van der Waals surface area (Å²) in [4.78, 5) is 0. The molecule has 0 bridgehead atoms. The molecule has 0 nitrogen and oxygen atoms in total. The van der Waals surface area contributed by atoms with Gasteiger partial charge >= 0.3 is 0 Å². The van der Waals surface area contributed by atoms with Gasteiger partial charge in [0.2, 0.25) is 0 Å². The van der Waals surface area contributed by atoms with Gasteiger partial charge < -0.3 is 0 Å². The van der Waals surface area contributed by atoms with Gasteiger partial charge in [-0.25, -0.2) is 0 Å². The first-order valence-corrected chi connectivity index (χ1v) is 5.48. The highest BCUT2D eigenvalue weighted by Crippen LogP contribution is 2.57. The molecule has 1 aromatic carbocycles. The van der Waals surface area contributed by atoms with E-state index in [0.717, 1.165) is 0 Å². The molecule has 0 amide bonds. The quantitative estimate of drug-likeness (QED) is 0.590. The van der Waals surface area contributed by atoms with Crippen molar-refractivity contribution >= 4 is 11.0 Å². The summed E-state index contributed by atoms with van der Waals surface area (Å²) in [5.41, 5.74) is 3.74. The van der Waals surface area contributed by atoms with E-state index in [1.165, 1.54) is 5.56 Å². The molecular weight excluding hydrogens is 196 g/mol. The van der Waals surface area contributed by atoms with Crippen molar-refractivity contribution in [2.75, 3.05) is 0 Å². The SMILES string of the molecule is CC1c2ccccc2C(C)(C)C1(C)C.[SiH4]. The van der Waals surface area contributed by atoms with E-state index in [1.807, 2.05) is 0 Å². The molecule has 0 aromatic heterocycles. The fraction of sp³-hybridized carbons (Fsp3) is 0.571. The number of hydrogen-bond donors (Lipinski definition) is 0. The van der Waals surface area contributed by atoms with Gasteiger partial charge in [-0.2, -0.15) is 0 Å². The van der Waals surface area contributed by atoms with Crippen LogP contribution in [0.3, 0.4) is 0 Å². The second-order valence-corrected chi connectivity index (χ2v) is 5.66. The van der Waals surface area contributed by atoms with Crippen LogP contribution < -0.4 is 0 Å². The minimum atomic E-state index is 0. The lowest BCUT2D eigenvalue weighted by Crippen LogP contribution is -2.33. The average molecular weight is 220 g/mol. The Morgan fingerprint density at radius 3 is 2.07 bits per heavy atom. The van der Waals surface area contributed by atoms with Gasteiger partial charge in [0.15, 0.2) is 0 Å². The Morgan fingerprint density at radius 1 is 1.00 bits per heavy atom. The van der Waals surface area contributed by atoms with Crippen molar-refractivity contribution in [2.24, 2.45) is 5.41 Å². The smallest absolute Gasteiger partial charge is 0.00439 e. The third-order valence-electron chi connectivity index (χ3n) is 4.79. The van der Waals surface area contributed by atoms with E-state index >= 15 is 0 Å². The van der Waals surface area contributed by atoms with E-state index in [1.54, 1.807) is 5.56 Å².